The van der Waals surface area contributed by atoms with Crippen molar-refractivity contribution >= 4 is 41.5 Å². The highest BCUT2D eigenvalue weighted by Gasteiger charge is 2.42. The summed E-state index contributed by atoms with van der Waals surface area (Å²) in [5.74, 6) is -0.574. The van der Waals surface area contributed by atoms with Gasteiger partial charge in [0.25, 0.3) is 11.8 Å². The summed E-state index contributed by atoms with van der Waals surface area (Å²) in [7, 11) is 0. The Hall–Kier alpha value is -2.30. The lowest BCUT2D eigenvalue weighted by molar-refractivity contribution is -0.197. The highest BCUT2D eigenvalue weighted by molar-refractivity contribution is 8.00. The average Bonchev–Trinajstić information content (AvgIpc) is 3.38. The third-order valence-electron chi connectivity index (χ3n) is 5.66. The second-order valence-electron chi connectivity index (χ2n) is 8.07. The molecule has 0 aromatic rings. The maximum atomic E-state index is 11.9. The number of amides is 5. The molecule has 3 saturated heterocycles. The Bertz CT molecular complexity index is 702. The standard InChI is InChI=1S/C20H30N4O6S/c25-15(7-4-3-6-14-19-13(12-31-14)22-20(29)23-19)21-11-5-1-2-8-18(28)30-24-16(26)9-10-17(24)27/h13-14,19H,1-12H2,(H,21,25)(H2,22,23,29)/t13-,14?,19-/m0/s1. The van der Waals surface area contributed by atoms with Gasteiger partial charge < -0.3 is 20.8 Å². The van der Waals surface area contributed by atoms with E-state index in [1.165, 1.54) is 0 Å². The van der Waals surface area contributed by atoms with E-state index < -0.39 is 17.8 Å². The van der Waals surface area contributed by atoms with Crippen molar-refractivity contribution in [3.05, 3.63) is 0 Å². The maximum Gasteiger partial charge on any atom is 0.333 e. The number of carbonyl (C=O) groups excluding carboxylic acids is 5. The van der Waals surface area contributed by atoms with Gasteiger partial charge in [-0.2, -0.15) is 11.8 Å². The van der Waals surface area contributed by atoms with Crippen LogP contribution in [0, 0.1) is 0 Å². The molecule has 3 aliphatic heterocycles. The number of urea groups is 1. The van der Waals surface area contributed by atoms with Crippen LogP contribution in [0.5, 0.6) is 0 Å². The van der Waals surface area contributed by atoms with Crippen molar-refractivity contribution in [1.82, 2.24) is 21.0 Å². The lowest BCUT2D eigenvalue weighted by atomic mass is 10.0. The number of rotatable bonds is 12. The maximum absolute atomic E-state index is 11.9. The van der Waals surface area contributed by atoms with Gasteiger partial charge in [0, 0.05) is 43.2 Å². The average molecular weight is 455 g/mol. The zero-order valence-electron chi connectivity index (χ0n) is 17.5. The first-order valence-electron chi connectivity index (χ1n) is 11.0. The third-order valence-corrected chi connectivity index (χ3v) is 7.17. The van der Waals surface area contributed by atoms with Crippen LogP contribution in [-0.2, 0) is 24.0 Å². The number of nitrogens with one attached hydrogen (secondary N) is 3. The summed E-state index contributed by atoms with van der Waals surface area (Å²) in [5.41, 5.74) is 0. The summed E-state index contributed by atoms with van der Waals surface area (Å²) in [4.78, 5) is 62.6. The van der Waals surface area contributed by atoms with Crippen LogP contribution in [0.15, 0.2) is 0 Å². The monoisotopic (exact) mass is 454 g/mol. The number of fused-ring (bicyclic) bond motifs is 1. The van der Waals surface area contributed by atoms with E-state index in [1.54, 1.807) is 0 Å². The molecule has 0 saturated carbocycles. The largest absolute Gasteiger partial charge is 0.356 e. The van der Waals surface area contributed by atoms with E-state index in [9.17, 15) is 24.0 Å². The van der Waals surface area contributed by atoms with Gasteiger partial charge in [0.05, 0.1) is 12.1 Å². The van der Waals surface area contributed by atoms with Crippen LogP contribution in [0.1, 0.15) is 64.2 Å². The first-order valence-corrected chi connectivity index (χ1v) is 12.0. The molecular formula is C20H30N4O6S. The number of unbranched alkanes of at least 4 members (excludes halogenated alkanes) is 3. The first kappa shape index (κ1) is 23.4. The van der Waals surface area contributed by atoms with Gasteiger partial charge in [-0.05, 0) is 25.7 Å². The second-order valence-corrected chi connectivity index (χ2v) is 9.35. The van der Waals surface area contributed by atoms with Gasteiger partial charge in [0.2, 0.25) is 5.91 Å². The fourth-order valence-corrected chi connectivity index (χ4v) is 5.51. The minimum atomic E-state index is -0.590. The number of hydroxylamine groups is 2. The van der Waals surface area contributed by atoms with E-state index in [4.69, 9.17) is 4.84 Å². The molecule has 172 valence electrons. The molecule has 0 aromatic heterocycles. The van der Waals surface area contributed by atoms with Crippen molar-refractivity contribution in [3.63, 3.8) is 0 Å². The van der Waals surface area contributed by atoms with Gasteiger partial charge in [0.1, 0.15) is 0 Å². The van der Waals surface area contributed by atoms with Crippen LogP contribution < -0.4 is 16.0 Å². The van der Waals surface area contributed by atoms with Crippen LogP contribution >= 0.6 is 11.8 Å². The van der Waals surface area contributed by atoms with E-state index in [0.29, 0.717) is 29.7 Å². The number of hydrogen-bond donors (Lipinski definition) is 3. The lowest BCUT2D eigenvalue weighted by Gasteiger charge is -2.16. The van der Waals surface area contributed by atoms with Gasteiger partial charge in [-0.3, -0.25) is 14.4 Å². The smallest absolute Gasteiger partial charge is 0.333 e. The van der Waals surface area contributed by atoms with Gasteiger partial charge in [-0.15, -0.1) is 5.06 Å². The Balaban J connectivity index is 1.15. The molecule has 0 bridgehead atoms. The Kier molecular flexibility index (Phi) is 8.56. The molecule has 3 fully saturated rings. The summed E-state index contributed by atoms with van der Waals surface area (Å²) in [6.07, 6.45) is 5.60. The molecule has 10 nitrogen and oxygen atoms in total. The number of carbonyl (C=O) groups is 5. The topological polar surface area (TPSA) is 134 Å². The molecule has 0 spiro atoms. The molecule has 0 radical (unpaired) electrons. The molecular weight excluding hydrogens is 424 g/mol. The van der Waals surface area contributed by atoms with Crippen molar-refractivity contribution in [2.24, 2.45) is 0 Å². The summed E-state index contributed by atoms with van der Waals surface area (Å²) in [5, 5.41) is 9.77. The molecule has 11 heteroatoms. The fraction of sp³-hybridized carbons (Fsp3) is 0.750. The van der Waals surface area contributed by atoms with Crippen LogP contribution in [0.4, 0.5) is 4.79 Å². The first-order chi connectivity index (χ1) is 14.9. The van der Waals surface area contributed by atoms with Gasteiger partial charge in [-0.1, -0.05) is 12.8 Å². The molecule has 3 aliphatic rings. The summed E-state index contributed by atoms with van der Waals surface area (Å²) < 4.78 is 0. The highest BCUT2D eigenvalue weighted by atomic mass is 32.2. The van der Waals surface area contributed by atoms with E-state index in [1.807, 2.05) is 11.8 Å². The molecule has 1 unspecified atom stereocenters. The quantitative estimate of drug-likeness (QED) is 0.227. The highest BCUT2D eigenvalue weighted by Crippen LogP contribution is 2.33. The molecule has 3 rings (SSSR count). The fourth-order valence-electron chi connectivity index (χ4n) is 3.97. The third kappa shape index (κ3) is 6.84. The van der Waals surface area contributed by atoms with Crippen LogP contribution in [-0.4, -0.2) is 64.4 Å². The summed E-state index contributed by atoms with van der Waals surface area (Å²) >= 11 is 1.88. The SMILES string of the molecule is O=C(CCCCC1SC[C@@H]2NC(=O)N[C@H]12)NCCCCCC(=O)ON1C(=O)CCC1=O. The van der Waals surface area contributed by atoms with E-state index in [-0.39, 0.29) is 43.3 Å². The second kappa shape index (κ2) is 11.4. The van der Waals surface area contributed by atoms with Crippen molar-refractivity contribution < 1.29 is 28.8 Å². The Morgan fingerprint density at radius 2 is 1.74 bits per heavy atom. The van der Waals surface area contributed by atoms with Gasteiger partial charge in [-0.25, -0.2) is 9.59 Å². The summed E-state index contributed by atoms with van der Waals surface area (Å²) in [6, 6.07) is 0.367. The van der Waals surface area contributed by atoms with Crippen LogP contribution in [0.2, 0.25) is 0 Å². The zero-order valence-corrected chi connectivity index (χ0v) is 18.3. The predicted octanol–water partition coefficient (Wildman–Crippen LogP) is 0.996. The molecule has 5 amide bonds. The Morgan fingerprint density at radius 3 is 2.52 bits per heavy atom. The minimum Gasteiger partial charge on any atom is -0.356 e. The normalized spacial score (nSPS) is 24.7. The van der Waals surface area contributed by atoms with E-state index >= 15 is 0 Å². The molecule has 3 heterocycles. The van der Waals surface area contributed by atoms with Crippen LogP contribution in [0.3, 0.4) is 0 Å². The molecule has 3 N–H and O–H groups in total. The zero-order chi connectivity index (χ0) is 22.2. The number of hydrogen-bond acceptors (Lipinski definition) is 7. The minimum absolute atomic E-state index is 0.0262. The molecule has 0 aliphatic carbocycles. The Morgan fingerprint density at radius 1 is 1.00 bits per heavy atom. The van der Waals surface area contributed by atoms with E-state index in [0.717, 1.165) is 37.9 Å². The van der Waals surface area contributed by atoms with Crippen molar-refractivity contribution in [1.29, 1.82) is 0 Å². The van der Waals surface area contributed by atoms with Crippen LogP contribution in [0.25, 0.3) is 0 Å². The molecule has 31 heavy (non-hydrogen) atoms. The lowest BCUT2D eigenvalue weighted by Crippen LogP contribution is -2.36. The molecule has 0 aromatic carbocycles. The number of nitrogens with zero attached hydrogens (tertiary/aromatic N) is 1. The van der Waals surface area contributed by atoms with Crippen molar-refractivity contribution in [2.75, 3.05) is 12.3 Å². The number of thioether (sulfide) groups is 1. The summed E-state index contributed by atoms with van der Waals surface area (Å²) in [6.45, 7) is 0.552. The molecule has 3 atom stereocenters. The van der Waals surface area contributed by atoms with Gasteiger partial charge >= 0.3 is 12.0 Å². The van der Waals surface area contributed by atoms with Gasteiger partial charge in [0.15, 0.2) is 0 Å². The van der Waals surface area contributed by atoms with E-state index in [2.05, 4.69) is 16.0 Å². The van der Waals surface area contributed by atoms with Crippen molar-refractivity contribution in [3.8, 4) is 0 Å². The predicted molar refractivity (Wildman–Crippen MR) is 113 cm³/mol. The Labute approximate surface area is 185 Å². The van der Waals surface area contributed by atoms with Crippen molar-refractivity contribution in [2.45, 2.75) is 81.5 Å². The number of imide groups is 1.